The highest BCUT2D eigenvalue weighted by molar-refractivity contribution is 6.03. The summed E-state index contributed by atoms with van der Waals surface area (Å²) in [6, 6.07) is 6.56. The number of ether oxygens (including phenoxy) is 2. The summed E-state index contributed by atoms with van der Waals surface area (Å²) in [7, 11) is 0. The van der Waals surface area contributed by atoms with Crippen LogP contribution in [0.3, 0.4) is 0 Å². The van der Waals surface area contributed by atoms with Crippen LogP contribution in [0.25, 0.3) is 0 Å². The average Bonchev–Trinajstić information content (AvgIpc) is 2.51. The van der Waals surface area contributed by atoms with Crippen LogP contribution in [-0.2, 0) is 14.3 Å². The van der Waals surface area contributed by atoms with Gasteiger partial charge in [0.15, 0.2) is 0 Å². The Labute approximate surface area is 136 Å². The Balaban J connectivity index is 0.00000149. The van der Waals surface area contributed by atoms with Crippen LogP contribution in [0.2, 0.25) is 0 Å². The monoisotopic (exact) mass is 324 g/mol. The normalized spacial score (nSPS) is 9.83. The van der Waals surface area contributed by atoms with Gasteiger partial charge in [0, 0.05) is 0 Å². The predicted molar refractivity (Wildman–Crippen MR) is 85.4 cm³/mol. The molecular formula is C17H24O6. The molecule has 0 aliphatic heterocycles. The summed E-state index contributed by atoms with van der Waals surface area (Å²) in [6.45, 7) is 8.22. The largest absolute Gasteiger partial charge is 0.483 e. The highest BCUT2D eigenvalue weighted by Crippen LogP contribution is 2.13. The molecule has 1 N–H and O–H groups in total. The average molecular weight is 324 g/mol. The van der Waals surface area contributed by atoms with Crippen LogP contribution in [0.4, 0.5) is 0 Å². The first-order valence-corrected chi connectivity index (χ1v) is 7.34. The first kappa shape index (κ1) is 20.6. The number of carbonyl (C=O) groups excluding carboxylic acids is 2. The van der Waals surface area contributed by atoms with E-state index < -0.39 is 11.9 Å². The van der Waals surface area contributed by atoms with E-state index in [-0.39, 0.29) is 29.4 Å². The molecule has 0 bridgehead atoms. The Kier molecular flexibility index (Phi) is 10.1. The summed E-state index contributed by atoms with van der Waals surface area (Å²) >= 11 is 0. The van der Waals surface area contributed by atoms with E-state index in [9.17, 15) is 9.59 Å². The number of rotatable bonds is 6. The minimum absolute atomic E-state index is 0.249. The quantitative estimate of drug-likeness (QED) is 0.639. The number of carbonyl (C=O) groups is 3. The molecule has 1 aromatic carbocycles. The standard InChI is InChI=1S/C16H22O4.CH2O2/c1-11(2)9-19-15(17)13-7-5-6-8-14(13)16(18)20-10-12(3)4;2-1-3/h5-8,11-12H,9-10H2,1-4H3;1H,(H,2,3). The zero-order chi connectivity index (χ0) is 17.8. The third-order valence-electron chi connectivity index (χ3n) is 2.46. The molecule has 0 aliphatic carbocycles. The maximum atomic E-state index is 12.0. The third-order valence-corrected chi connectivity index (χ3v) is 2.46. The smallest absolute Gasteiger partial charge is 0.339 e. The molecule has 0 spiro atoms. The highest BCUT2D eigenvalue weighted by atomic mass is 16.5. The molecule has 0 amide bonds. The van der Waals surface area contributed by atoms with Gasteiger partial charge in [0.05, 0.1) is 24.3 Å². The number of hydrogen-bond donors (Lipinski definition) is 1. The van der Waals surface area contributed by atoms with Crippen LogP contribution >= 0.6 is 0 Å². The van der Waals surface area contributed by atoms with E-state index in [2.05, 4.69) is 0 Å². The van der Waals surface area contributed by atoms with E-state index >= 15 is 0 Å². The van der Waals surface area contributed by atoms with Crippen LogP contribution < -0.4 is 0 Å². The van der Waals surface area contributed by atoms with Crippen LogP contribution in [0, 0.1) is 11.8 Å². The fourth-order valence-corrected chi connectivity index (χ4v) is 1.48. The zero-order valence-corrected chi connectivity index (χ0v) is 13.9. The minimum atomic E-state index is -0.490. The molecule has 0 saturated carbocycles. The van der Waals surface area contributed by atoms with Crippen molar-refractivity contribution in [1.82, 2.24) is 0 Å². The molecule has 0 aromatic heterocycles. The van der Waals surface area contributed by atoms with Gasteiger partial charge < -0.3 is 14.6 Å². The van der Waals surface area contributed by atoms with E-state index in [0.29, 0.717) is 13.2 Å². The van der Waals surface area contributed by atoms with Gasteiger partial charge in [-0.15, -0.1) is 0 Å². The highest BCUT2D eigenvalue weighted by Gasteiger charge is 2.19. The Morgan fingerprint density at radius 2 is 1.26 bits per heavy atom. The van der Waals surface area contributed by atoms with Crippen molar-refractivity contribution in [2.24, 2.45) is 11.8 Å². The lowest BCUT2D eigenvalue weighted by Crippen LogP contribution is -2.17. The molecule has 6 nitrogen and oxygen atoms in total. The van der Waals surface area contributed by atoms with E-state index in [1.807, 2.05) is 27.7 Å². The molecule has 0 aliphatic rings. The summed E-state index contributed by atoms with van der Waals surface area (Å²) in [5, 5.41) is 6.89. The van der Waals surface area contributed by atoms with E-state index in [1.54, 1.807) is 24.3 Å². The van der Waals surface area contributed by atoms with Gasteiger partial charge in [-0.05, 0) is 24.0 Å². The van der Waals surface area contributed by atoms with Crippen molar-refractivity contribution in [1.29, 1.82) is 0 Å². The maximum Gasteiger partial charge on any atom is 0.339 e. The SMILES string of the molecule is CC(C)COC(=O)c1ccccc1C(=O)OCC(C)C.O=CO. The van der Waals surface area contributed by atoms with Crippen molar-refractivity contribution in [2.75, 3.05) is 13.2 Å². The van der Waals surface area contributed by atoms with Crippen molar-refractivity contribution in [3.63, 3.8) is 0 Å². The predicted octanol–water partition coefficient (Wildman–Crippen LogP) is 3.01. The molecule has 0 unspecified atom stereocenters. The number of hydrogen-bond acceptors (Lipinski definition) is 5. The lowest BCUT2D eigenvalue weighted by Gasteiger charge is -2.11. The molecule has 1 rings (SSSR count). The molecule has 128 valence electrons. The molecule has 0 atom stereocenters. The molecule has 0 heterocycles. The second-order valence-electron chi connectivity index (χ2n) is 5.64. The van der Waals surface area contributed by atoms with Crippen LogP contribution in [0.15, 0.2) is 24.3 Å². The van der Waals surface area contributed by atoms with Crippen LogP contribution in [0.1, 0.15) is 48.4 Å². The second-order valence-corrected chi connectivity index (χ2v) is 5.64. The van der Waals surface area contributed by atoms with E-state index in [0.717, 1.165) is 0 Å². The number of carboxylic acid groups (broad SMARTS) is 1. The second kappa shape index (κ2) is 11.2. The summed E-state index contributed by atoms with van der Waals surface area (Å²) in [6.07, 6.45) is 0. The molecule has 23 heavy (non-hydrogen) atoms. The van der Waals surface area contributed by atoms with Crippen molar-refractivity contribution >= 4 is 18.4 Å². The molecular weight excluding hydrogens is 300 g/mol. The zero-order valence-electron chi connectivity index (χ0n) is 13.9. The van der Waals surface area contributed by atoms with Gasteiger partial charge in [-0.2, -0.15) is 0 Å². The number of esters is 2. The fraction of sp³-hybridized carbons (Fsp3) is 0.471. The topological polar surface area (TPSA) is 89.9 Å². The van der Waals surface area contributed by atoms with Gasteiger partial charge in [0.25, 0.3) is 6.47 Å². The van der Waals surface area contributed by atoms with Gasteiger partial charge in [0.1, 0.15) is 0 Å². The lowest BCUT2D eigenvalue weighted by molar-refractivity contribution is -0.122. The Morgan fingerprint density at radius 1 is 0.957 bits per heavy atom. The lowest BCUT2D eigenvalue weighted by atomic mass is 10.1. The summed E-state index contributed by atoms with van der Waals surface area (Å²) in [5.74, 6) is -0.482. The summed E-state index contributed by atoms with van der Waals surface area (Å²) in [4.78, 5) is 32.3. The van der Waals surface area contributed by atoms with E-state index in [4.69, 9.17) is 19.4 Å². The van der Waals surface area contributed by atoms with Crippen molar-refractivity contribution in [3.05, 3.63) is 35.4 Å². The molecule has 0 saturated heterocycles. The van der Waals surface area contributed by atoms with Crippen LogP contribution in [0.5, 0.6) is 0 Å². The molecule has 0 radical (unpaired) electrons. The van der Waals surface area contributed by atoms with Crippen molar-refractivity contribution < 1.29 is 29.0 Å². The fourth-order valence-electron chi connectivity index (χ4n) is 1.48. The Bertz CT molecular complexity index is 465. The molecule has 0 fully saturated rings. The van der Waals surface area contributed by atoms with Crippen molar-refractivity contribution in [2.45, 2.75) is 27.7 Å². The Morgan fingerprint density at radius 3 is 1.52 bits per heavy atom. The van der Waals surface area contributed by atoms with Gasteiger partial charge in [-0.25, -0.2) is 9.59 Å². The van der Waals surface area contributed by atoms with Crippen molar-refractivity contribution in [3.8, 4) is 0 Å². The van der Waals surface area contributed by atoms with Gasteiger partial charge in [-0.3, -0.25) is 4.79 Å². The first-order chi connectivity index (χ1) is 10.8. The molecule has 1 aromatic rings. The van der Waals surface area contributed by atoms with E-state index in [1.165, 1.54) is 0 Å². The first-order valence-electron chi connectivity index (χ1n) is 7.34. The summed E-state index contributed by atoms with van der Waals surface area (Å²) < 4.78 is 10.3. The van der Waals surface area contributed by atoms with Gasteiger partial charge >= 0.3 is 11.9 Å². The van der Waals surface area contributed by atoms with Crippen LogP contribution in [-0.4, -0.2) is 36.7 Å². The minimum Gasteiger partial charge on any atom is -0.483 e. The third kappa shape index (κ3) is 8.60. The molecule has 6 heteroatoms. The Hall–Kier alpha value is -2.37. The summed E-state index contributed by atoms with van der Waals surface area (Å²) in [5.41, 5.74) is 0.504. The van der Waals surface area contributed by atoms with Gasteiger partial charge in [-0.1, -0.05) is 39.8 Å². The maximum absolute atomic E-state index is 12.0. The number of benzene rings is 1. The van der Waals surface area contributed by atoms with Gasteiger partial charge in [0.2, 0.25) is 0 Å².